The highest BCUT2D eigenvalue weighted by Crippen LogP contribution is 2.25. The van der Waals surface area contributed by atoms with Crippen LogP contribution in [0.15, 0.2) is 18.2 Å². The lowest BCUT2D eigenvalue weighted by Gasteiger charge is -2.28. The molecule has 1 aliphatic carbocycles. The van der Waals surface area contributed by atoms with Gasteiger partial charge < -0.3 is 10.6 Å². The predicted molar refractivity (Wildman–Crippen MR) is 87.0 cm³/mol. The van der Waals surface area contributed by atoms with Gasteiger partial charge in [0.05, 0.1) is 0 Å². The van der Waals surface area contributed by atoms with E-state index in [1.807, 2.05) is 25.1 Å². The first-order chi connectivity index (χ1) is 9.06. The molecule has 0 unspecified atom stereocenters. The second-order valence-corrected chi connectivity index (χ2v) is 6.28. The number of thiocarbonyl (C=S) groups is 1. The van der Waals surface area contributed by atoms with Gasteiger partial charge in [-0.2, -0.15) is 0 Å². The van der Waals surface area contributed by atoms with Crippen molar-refractivity contribution in [1.82, 2.24) is 5.32 Å². The van der Waals surface area contributed by atoms with Gasteiger partial charge in [-0.3, -0.25) is 0 Å². The van der Waals surface area contributed by atoms with Crippen LogP contribution in [0.1, 0.15) is 38.2 Å². The van der Waals surface area contributed by atoms with Crippen molar-refractivity contribution >= 4 is 34.6 Å². The first-order valence-electron chi connectivity index (χ1n) is 6.89. The van der Waals surface area contributed by atoms with E-state index in [0.29, 0.717) is 11.2 Å². The largest absolute Gasteiger partial charge is 0.360 e. The van der Waals surface area contributed by atoms with Crippen LogP contribution in [0.4, 0.5) is 5.69 Å². The van der Waals surface area contributed by atoms with Gasteiger partial charge in [-0.25, -0.2) is 0 Å². The lowest BCUT2D eigenvalue weighted by Crippen LogP contribution is -2.39. The summed E-state index contributed by atoms with van der Waals surface area (Å²) in [7, 11) is 0. The van der Waals surface area contributed by atoms with Crippen LogP contribution in [-0.4, -0.2) is 11.2 Å². The molecule has 0 aliphatic heterocycles. The Morgan fingerprint density at radius 3 is 2.63 bits per heavy atom. The SMILES string of the molecule is Cc1c(Cl)cccc1NC(=S)NC1CCC(C)CC1. The summed E-state index contributed by atoms with van der Waals surface area (Å²) in [5, 5.41) is 8.12. The molecule has 2 rings (SSSR count). The molecule has 104 valence electrons. The van der Waals surface area contributed by atoms with E-state index < -0.39 is 0 Å². The summed E-state index contributed by atoms with van der Waals surface area (Å²) in [5.74, 6) is 0.856. The van der Waals surface area contributed by atoms with Crippen molar-refractivity contribution in [2.75, 3.05) is 5.32 Å². The first-order valence-corrected chi connectivity index (χ1v) is 7.67. The summed E-state index contributed by atoms with van der Waals surface area (Å²) in [6.07, 6.45) is 4.99. The van der Waals surface area contributed by atoms with Gasteiger partial charge in [0.1, 0.15) is 0 Å². The number of nitrogens with one attached hydrogen (secondary N) is 2. The Bertz CT molecular complexity index is 453. The van der Waals surface area contributed by atoms with Gasteiger partial charge in [-0.1, -0.05) is 24.6 Å². The number of hydrogen-bond acceptors (Lipinski definition) is 1. The molecular weight excluding hydrogens is 276 g/mol. The van der Waals surface area contributed by atoms with Crippen LogP contribution >= 0.6 is 23.8 Å². The fourth-order valence-electron chi connectivity index (χ4n) is 2.49. The van der Waals surface area contributed by atoms with Crippen molar-refractivity contribution in [3.05, 3.63) is 28.8 Å². The molecule has 0 bridgehead atoms. The lowest BCUT2D eigenvalue weighted by atomic mass is 9.87. The van der Waals surface area contributed by atoms with Gasteiger partial charge in [0.15, 0.2) is 5.11 Å². The molecule has 0 atom stereocenters. The average Bonchev–Trinajstić information content (AvgIpc) is 2.38. The molecule has 0 spiro atoms. The summed E-state index contributed by atoms with van der Waals surface area (Å²) in [5.41, 5.74) is 2.01. The Balaban J connectivity index is 1.89. The topological polar surface area (TPSA) is 24.1 Å². The highest BCUT2D eigenvalue weighted by molar-refractivity contribution is 7.80. The van der Waals surface area contributed by atoms with Gasteiger partial charge in [0.2, 0.25) is 0 Å². The Hall–Kier alpha value is -0.800. The first kappa shape index (κ1) is 14.6. The fourth-order valence-corrected chi connectivity index (χ4v) is 2.94. The molecule has 0 radical (unpaired) electrons. The molecule has 2 nitrogen and oxygen atoms in total. The molecule has 19 heavy (non-hydrogen) atoms. The van der Waals surface area contributed by atoms with E-state index in [2.05, 4.69) is 17.6 Å². The molecular formula is C15H21ClN2S. The third-order valence-electron chi connectivity index (χ3n) is 3.87. The van der Waals surface area contributed by atoms with E-state index in [9.17, 15) is 0 Å². The van der Waals surface area contributed by atoms with E-state index in [0.717, 1.165) is 22.2 Å². The van der Waals surface area contributed by atoms with Crippen LogP contribution in [0.25, 0.3) is 0 Å². The highest BCUT2D eigenvalue weighted by Gasteiger charge is 2.18. The molecule has 1 aromatic rings. The second-order valence-electron chi connectivity index (χ2n) is 5.47. The van der Waals surface area contributed by atoms with Crippen LogP contribution in [0, 0.1) is 12.8 Å². The third-order valence-corrected chi connectivity index (χ3v) is 4.50. The Labute approximate surface area is 125 Å². The fraction of sp³-hybridized carbons (Fsp3) is 0.533. The zero-order valence-corrected chi connectivity index (χ0v) is 13.1. The van der Waals surface area contributed by atoms with Crippen molar-refractivity contribution in [3.63, 3.8) is 0 Å². The minimum absolute atomic E-state index is 0.510. The van der Waals surface area contributed by atoms with E-state index in [1.54, 1.807) is 0 Å². The number of anilines is 1. The summed E-state index contributed by atoms with van der Waals surface area (Å²) >= 11 is 11.5. The number of benzene rings is 1. The molecule has 0 aromatic heterocycles. The van der Waals surface area contributed by atoms with Crippen LogP contribution in [-0.2, 0) is 0 Å². The minimum Gasteiger partial charge on any atom is -0.360 e. The van der Waals surface area contributed by atoms with Crippen LogP contribution in [0.5, 0.6) is 0 Å². The molecule has 2 N–H and O–H groups in total. The minimum atomic E-state index is 0.510. The zero-order valence-electron chi connectivity index (χ0n) is 11.5. The summed E-state index contributed by atoms with van der Waals surface area (Å²) in [6, 6.07) is 6.33. The number of hydrogen-bond donors (Lipinski definition) is 2. The highest BCUT2D eigenvalue weighted by atomic mass is 35.5. The maximum absolute atomic E-state index is 6.10. The maximum Gasteiger partial charge on any atom is 0.171 e. The van der Waals surface area contributed by atoms with Crippen LogP contribution < -0.4 is 10.6 Å². The normalized spacial score (nSPS) is 22.9. The van der Waals surface area contributed by atoms with E-state index in [4.69, 9.17) is 23.8 Å². The molecule has 0 saturated heterocycles. The van der Waals surface area contributed by atoms with Crippen molar-refractivity contribution in [1.29, 1.82) is 0 Å². The summed E-state index contributed by atoms with van der Waals surface area (Å²) in [6.45, 7) is 4.32. The van der Waals surface area contributed by atoms with Gasteiger partial charge in [-0.05, 0) is 68.4 Å². The van der Waals surface area contributed by atoms with E-state index in [-0.39, 0.29) is 0 Å². The summed E-state index contributed by atoms with van der Waals surface area (Å²) in [4.78, 5) is 0. The van der Waals surface area contributed by atoms with Crippen LogP contribution in [0.3, 0.4) is 0 Å². The van der Waals surface area contributed by atoms with Crippen molar-refractivity contribution in [2.45, 2.75) is 45.6 Å². The molecule has 4 heteroatoms. The smallest absolute Gasteiger partial charge is 0.171 e. The second kappa shape index (κ2) is 6.58. The quantitative estimate of drug-likeness (QED) is 0.785. The molecule has 0 amide bonds. The number of halogens is 1. The zero-order chi connectivity index (χ0) is 13.8. The van der Waals surface area contributed by atoms with E-state index >= 15 is 0 Å². The summed E-state index contributed by atoms with van der Waals surface area (Å²) < 4.78 is 0. The van der Waals surface area contributed by atoms with Gasteiger partial charge in [0.25, 0.3) is 0 Å². The monoisotopic (exact) mass is 296 g/mol. The average molecular weight is 297 g/mol. The number of rotatable bonds is 2. The van der Waals surface area contributed by atoms with Crippen molar-refractivity contribution < 1.29 is 0 Å². The maximum atomic E-state index is 6.10. The molecule has 1 aliphatic rings. The Morgan fingerprint density at radius 1 is 1.26 bits per heavy atom. The van der Waals surface area contributed by atoms with Crippen molar-refractivity contribution in [2.24, 2.45) is 5.92 Å². The lowest BCUT2D eigenvalue weighted by molar-refractivity contribution is 0.332. The van der Waals surface area contributed by atoms with Crippen LogP contribution in [0.2, 0.25) is 5.02 Å². The van der Waals surface area contributed by atoms with E-state index in [1.165, 1.54) is 25.7 Å². The molecule has 1 aromatic carbocycles. The van der Waals surface area contributed by atoms with Gasteiger partial charge in [-0.15, -0.1) is 0 Å². The standard InChI is InChI=1S/C15H21ClN2S/c1-10-6-8-12(9-7-10)17-15(19)18-14-5-3-4-13(16)11(14)2/h3-5,10,12H,6-9H2,1-2H3,(H2,17,18,19). The van der Waals surface area contributed by atoms with Crippen molar-refractivity contribution in [3.8, 4) is 0 Å². The Kier molecular flexibility index (Phi) is 5.06. The van der Waals surface area contributed by atoms with Gasteiger partial charge >= 0.3 is 0 Å². The molecule has 0 heterocycles. The third kappa shape index (κ3) is 4.08. The predicted octanol–water partition coefficient (Wildman–Crippen LogP) is 4.51. The molecule has 1 fully saturated rings. The van der Waals surface area contributed by atoms with Gasteiger partial charge in [0, 0.05) is 16.8 Å². The Morgan fingerprint density at radius 2 is 1.95 bits per heavy atom. The molecule has 1 saturated carbocycles.